The highest BCUT2D eigenvalue weighted by Crippen LogP contribution is 1.97. The fourth-order valence-electron chi connectivity index (χ4n) is 1.23. The number of aliphatic carboxylic acids is 1. The van der Waals surface area contributed by atoms with Crippen LogP contribution in [0.2, 0.25) is 0 Å². The van der Waals surface area contributed by atoms with Gasteiger partial charge in [0.2, 0.25) is 0 Å². The molecule has 0 fully saturated rings. The number of hydrogen-bond donors (Lipinski definition) is 2. The summed E-state index contributed by atoms with van der Waals surface area (Å²) in [6.45, 7) is 4.57. The minimum absolute atomic E-state index is 0.328. The summed E-state index contributed by atoms with van der Waals surface area (Å²) in [6, 6.07) is 0. The van der Waals surface area contributed by atoms with Gasteiger partial charge < -0.3 is 10.4 Å². The lowest BCUT2D eigenvalue weighted by Crippen LogP contribution is -2.84. The highest BCUT2D eigenvalue weighted by Gasteiger charge is 1.96. The topological polar surface area (TPSA) is 53.9 Å². The average Bonchev–Trinajstić information content (AvgIpc) is 2.09. The van der Waals surface area contributed by atoms with Gasteiger partial charge in [0.15, 0.2) is 0 Å². The van der Waals surface area contributed by atoms with Gasteiger partial charge in [-0.1, -0.05) is 13.3 Å². The molecule has 3 N–H and O–H groups in total. The van der Waals surface area contributed by atoms with Gasteiger partial charge in [-0.25, -0.2) is 0 Å². The van der Waals surface area contributed by atoms with E-state index in [-0.39, 0.29) is 0 Å². The first-order valence-corrected chi connectivity index (χ1v) is 5.30. The van der Waals surface area contributed by atoms with Crippen LogP contribution in [0.4, 0.5) is 0 Å². The Kier molecular flexibility index (Phi) is 9.10. The molecule has 0 amide bonds. The third kappa shape index (κ3) is 11.4. The number of hydrogen-bond acceptors (Lipinski definition) is 1. The summed E-state index contributed by atoms with van der Waals surface area (Å²) in [7, 11) is 0. The smallest absolute Gasteiger partial charge is 0.303 e. The van der Waals surface area contributed by atoms with Crippen LogP contribution in [0.15, 0.2) is 0 Å². The van der Waals surface area contributed by atoms with Crippen molar-refractivity contribution < 1.29 is 15.2 Å². The van der Waals surface area contributed by atoms with E-state index in [1.54, 1.807) is 0 Å². The molecular formula is C10H22NO2+. The van der Waals surface area contributed by atoms with Gasteiger partial charge in [0.05, 0.1) is 13.1 Å². The highest BCUT2D eigenvalue weighted by atomic mass is 16.4. The number of carboxylic acids is 1. The molecule has 78 valence electrons. The molecule has 0 aliphatic rings. The van der Waals surface area contributed by atoms with E-state index in [0.29, 0.717) is 6.42 Å². The third-order valence-electron chi connectivity index (χ3n) is 2.06. The molecule has 0 heterocycles. The molecule has 0 saturated heterocycles. The number of unbranched alkanes of at least 4 members (excludes halogenated alkanes) is 3. The van der Waals surface area contributed by atoms with Crippen LogP contribution in [0.3, 0.4) is 0 Å². The maximum atomic E-state index is 10.2. The molecule has 0 rings (SSSR count). The predicted octanol–water partition coefficient (Wildman–Crippen LogP) is 0.995. The van der Waals surface area contributed by atoms with Crippen molar-refractivity contribution in [3.8, 4) is 0 Å². The highest BCUT2D eigenvalue weighted by molar-refractivity contribution is 5.66. The summed E-state index contributed by atoms with van der Waals surface area (Å²) >= 11 is 0. The molecule has 0 unspecified atom stereocenters. The Labute approximate surface area is 80.5 Å². The largest absolute Gasteiger partial charge is 0.481 e. The van der Waals surface area contributed by atoms with Crippen molar-refractivity contribution in [2.24, 2.45) is 0 Å². The van der Waals surface area contributed by atoms with Crippen molar-refractivity contribution in [1.82, 2.24) is 0 Å². The first kappa shape index (κ1) is 12.4. The van der Waals surface area contributed by atoms with Crippen LogP contribution in [0.5, 0.6) is 0 Å². The van der Waals surface area contributed by atoms with Gasteiger partial charge in [-0.2, -0.15) is 0 Å². The van der Waals surface area contributed by atoms with Gasteiger partial charge in [-0.15, -0.1) is 0 Å². The number of carboxylic acid groups (broad SMARTS) is 1. The quantitative estimate of drug-likeness (QED) is 0.530. The molecule has 0 radical (unpaired) electrons. The van der Waals surface area contributed by atoms with Crippen molar-refractivity contribution in [3.05, 3.63) is 0 Å². The zero-order valence-corrected chi connectivity index (χ0v) is 8.59. The van der Waals surface area contributed by atoms with Crippen molar-refractivity contribution in [1.29, 1.82) is 0 Å². The summed E-state index contributed by atoms with van der Waals surface area (Å²) in [5.74, 6) is -0.671. The second-order valence-electron chi connectivity index (χ2n) is 3.42. The van der Waals surface area contributed by atoms with Gasteiger partial charge >= 0.3 is 5.97 Å². The summed E-state index contributed by atoms with van der Waals surface area (Å²) < 4.78 is 0. The maximum Gasteiger partial charge on any atom is 0.303 e. The van der Waals surface area contributed by atoms with E-state index in [0.717, 1.165) is 25.8 Å². The molecular weight excluding hydrogens is 166 g/mol. The Morgan fingerprint density at radius 3 is 2.46 bits per heavy atom. The van der Waals surface area contributed by atoms with E-state index in [1.165, 1.54) is 19.4 Å². The molecule has 0 aromatic carbocycles. The summed E-state index contributed by atoms with van der Waals surface area (Å²) in [5.41, 5.74) is 0. The van der Waals surface area contributed by atoms with Crippen molar-refractivity contribution in [2.45, 2.75) is 45.4 Å². The van der Waals surface area contributed by atoms with Crippen molar-refractivity contribution >= 4 is 5.97 Å². The maximum absolute atomic E-state index is 10.2. The number of nitrogens with two attached hydrogens (primary N) is 1. The van der Waals surface area contributed by atoms with Gasteiger partial charge in [0.25, 0.3) is 0 Å². The fraction of sp³-hybridized carbons (Fsp3) is 0.900. The zero-order chi connectivity index (χ0) is 9.94. The first-order chi connectivity index (χ1) is 6.27. The molecule has 3 nitrogen and oxygen atoms in total. The van der Waals surface area contributed by atoms with Crippen LogP contribution >= 0.6 is 0 Å². The van der Waals surface area contributed by atoms with Gasteiger partial charge in [0.1, 0.15) is 0 Å². The lowest BCUT2D eigenvalue weighted by molar-refractivity contribution is -0.655. The monoisotopic (exact) mass is 188 g/mol. The molecule has 0 atom stereocenters. The molecule has 3 heteroatoms. The molecule has 0 aromatic rings. The zero-order valence-electron chi connectivity index (χ0n) is 8.59. The molecule has 13 heavy (non-hydrogen) atoms. The van der Waals surface area contributed by atoms with E-state index in [9.17, 15) is 4.79 Å². The van der Waals surface area contributed by atoms with Crippen molar-refractivity contribution in [3.63, 3.8) is 0 Å². The SMILES string of the molecule is CCCC[NH2+]CCCCCC(=O)O. The van der Waals surface area contributed by atoms with E-state index in [4.69, 9.17) is 5.11 Å². The van der Waals surface area contributed by atoms with Crippen LogP contribution in [0.25, 0.3) is 0 Å². The molecule has 0 aliphatic carbocycles. The molecule has 0 saturated carbocycles. The van der Waals surface area contributed by atoms with Gasteiger partial charge in [-0.05, 0) is 25.7 Å². The Morgan fingerprint density at radius 1 is 1.15 bits per heavy atom. The normalized spacial score (nSPS) is 10.2. The lowest BCUT2D eigenvalue weighted by atomic mass is 10.2. The minimum atomic E-state index is -0.671. The Hall–Kier alpha value is -0.570. The second kappa shape index (κ2) is 9.52. The van der Waals surface area contributed by atoms with Crippen LogP contribution in [-0.4, -0.2) is 24.2 Å². The first-order valence-electron chi connectivity index (χ1n) is 5.30. The van der Waals surface area contributed by atoms with Crippen LogP contribution in [-0.2, 0) is 4.79 Å². The van der Waals surface area contributed by atoms with E-state index in [2.05, 4.69) is 12.2 Å². The molecule has 0 spiro atoms. The Morgan fingerprint density at radius 2 is 1.85 bits per heavy atom. The fourth-order valence-corrected chi connectivity index (χ4v) is 1.23. The summed E-state index contributed by atoms with van der Waals surface area (Å²) in [5, 5.41) is 10.7. The van der Waals surface area contributed by atoms with Crippen molar-refractivity contribution in [2.75, 3.05) is 13.1 Å². The van der Waals surface area contributed by atoms with E-state index < -0.39 is 5.97 Å². The van der Waals surface area contributed by atoms with Gasteiger partial charge in [0, 0.05) is 6.42 Å². The van der Waals surface area contributed by atoms with Crippen LogP contribution in [0.1, 0.15) is 45.4 Å². The Balaban J connectivity index is 2.87. The molecule has 0 bridgehead atoms. The predicted molar refractivity (Wildman–Crippen MR) is 52.7 cm³/mol. The van der Waals surface area contributed by atoms with Crippen LogP contribution < -0.4 is 5.32 Å². The second-order valence-corrected chi connectivity index (χ2v) is 3.42. The number of carbonyl (C=O) groups is 1. The van der Waals surface area contributed by atoms with Gasteiger partial charge in [-0.3, -0.25) is 4.79 Å². The van der Waals surface area contributed by atoms with Crippen LogP contribution in [0, 0.1) is 0 Å². The summed E-state index contributed by atoms with van der Waals surface area (Å²) in [4.78, 5) is 10.2. The number of rotatable bonds is 9. The average molecular weight is 188 g/mol. The minimum Gasteiger partial charge on any atom is -0.481 e. The number of quaternary nitrogens is 1. The molecule has 0 aromatic heterocycles. The van der Waals surface area contributed by atoms with E-state index >= 15 is 0 Å². The van der Waals surface area contributed by atoms with E-state index in [1.807, 2.05) is 0 Å². The lowest BCUT2D eigenvalue weighted by Gasteiger charge is -1.99. The Bertz CT molecular complexity index is 126. The summed E-state index contributed by atoms with van der Waals surface area (Å²) in [6.07, 6.45) is 5.91. The molecule has 0 aliphatic heterocycles. The standard InChI is InChI=1S/C10H21NO2/c1-2-3-8-11-9-6-4-5-7-10(12)13/h11H,2-9H2,1H3,(H,12,13)/p+1. The third-order valence-corrected chi connectivity index (χ3v) is 2.06.